The molecule has 1 aliphatic rings. The van der Waals surface area contributed by atoms with Crippen LogP contribution in [0, 0.1) is 22.7 Å². The first-order chi connectivity index (χ1) is 17.4. The van der Waals surface area contributed by atoms with Crippen LogP contribution in [-0.2, 0) is 17.6 Å². The Morgan fingerprint density at radius 3 is 2.53 bits per heavy atom. The first-order valence-corrected chi connectivity index (χ1v) is 13.4. The molecule has 4 rings (SSSR count). The molecule has 0 aliphatic heterocycles. The molecule has 2 N–H and O–H groups in total. The van der Waals surface area contributed by atoms with Gasteiger partial charge in [-0.25, -0.2) is 4.98 Å². The molecule has 1 aliphatic carbocycles. The Hall–Kier alpha value is -3.60. The van der Waals surface area contributed by atoms with Gasteiger partial charge in [0, 0.05) is 30.2 Å². The van der Waals surface area contributed by atoms with Gasteiger partial charge in [-0.1, -0.05) is 30.8 Å². The van der Waals surface area contributed by atoms with Crippen molar-refractivity contribution in [1.29, 1.82) is 10.5 Å². The van der Waals surface area contributed by atoms with E-state index in [0.717, 1.165) is 48.7 Å². The van der Waals surface area contributed by atoms with Crippen LogP contribution in [0.4, 0.5) is 10.7 Å². The summed E-state index contributed by atoms with van der Waals surface area (Å²) in [7, 11) is 3.85. The summed E-state index contributed by atoms with van der Waals surface area (Å²) in [6.45, 7) is 1.88. The first-order valence-electron chi connectivity index (χ1n) is 11.7. The topological polar surface area (TPSA) is 126 Å². The fraction of sp³-hybridized carbons (Fsp3) is 0.346. The third kappa shape index (κ3) is 5.15. The number of carbonyl (C=O) groups is 1. The Balaban J connectivity index is 1.60. The van der Waals surface area contributed by atoms with Gasteiger partial charge in [-0.05, 0) is 49.8 Å². The summed E-state index contributed by atoms with van der Waals surface area (Å²) < 4.78 is 0. The molecule has 1 atom stereocenters. The molecule has 0 radical (unpaired) electrons. The molecule has 0 spiro atoms. The maximum Gasteiger partial charge on any atom is 0.270 e. The second kappa shape index (κ2) is 11.0. The second-order valence-corrected chi connectivity index (χ2v) is 11.0. The van der Waals surface area contributed by atoms with Crippen molar-refractivity contribution in [3.63, 3.8) is 0 Å². The zero-order chi connectivity index (χ0) is 25.8. The lowest BCUT2D eigenvalue weighted by Gasteiger charge is -2.15. The number of rotatable bonds is 7. The number of hydrogen-bond donors (Lipinski definition) is 2. The van der Waals surface area contributed by atoms with E-state index in [0.29, 0.717) is 22.5 Å². The second-order valence-electron chi connectivity index (χ2n) is 8.68. The van der Waals surface area contributed by atoms with Crippen LogP contribution in [-0.4, -0.2) is 35.2 Å². The number of thioether (sulfide) groups is 1. The molecular weight excluding hydrogens is 492 g/mol. The van der Waals surface area contributed by atoms with E-state index in [2.05, 4.69) is 21.4 Å². The fourth-order valence-corrected chi connectivity index (χ4v) is 6.30. The lowest BCUT2D eigenvalue weighted by Crippen LogP contribution is -2.25. The predicted molar refractivity (Wildman–Crippen MR) is 144 cm³/mol. The minimum absolute atomic E-state index is 0.0720. The number of thiophene rings is 1. The van der Waals surface area contributed by atoms with Gasteiger partial charge in [-0.3, -0.25) is 9.59 Å². The molecule has 36 heavy (non-hydrogen) atoms. The smallest absolute Gasteiger partial charge is 0.270 e. The summed E-state index contributed by atoms with van der Waals surface area (Å²) in [4.78, 5) is 36.2. The molecule has 1 unspecified atom stereocenters. The predicted octanol–water partition coefficient (Wildman–Crippen LogP) is 4.70. The summed E-state index contributed by atoms with van der Waals surface area (Å²) in [6.07, 6.45) is 4.44. The van der Waals surface area contributed by atoms with E-state index in [9.17, 15) is 20.1 Å². The summed E-state index contributed by atoms with van der Waals surface area (Å²) >= 11 is 2.62. The average molecular weight is 519 g/mol. The number of benzene rings is 1. The molecule has 0 saturated carbocycles. The van der Waals surface area contributed by atoms with Crippen LogP contribution in [0.1, 0.15) is 47.8 Å². The van der Waals surface area contributed by atoms with Crippen molar-refractivity contribution in [1.82, 2.24) is 9.97 Å². The van der Waals surface area contributed by atoms with Crippen molar-refractivity contribution in [3.05, 3.63) is 56.2 Å². The minimum atomic E-state index is -0.547. The third-order valence-corrected chi connectivity index (χ3v) is 8.56. The quantitative estimate of drug-likeness (QED) is 0.343. The number of aryl methyl sites for hydroxylation is 1. The Kier molecular flexibility index (Phi) is 7.78. The molecule has 1 amide bonds. The summed E-state index contributed by atoms with van der Waals surface area (Å²) in [6, 6.07) is 11.6. The van der Waals surface area contributed by atoms with E-state index >= 15 is 0 Å². The van der Waals surface area contributed by atoms with Crippen molar-refractivity contribution in [2.24, 2.45) is 0 Å². The monoisotopic (exact) mass is 518 g/mol. The van der Waals surface area contributed by atoms with Crippen LogP contribution in [0.15, 0.2) is 34.2 Å². The van der Waals surface area contributed by atoms with Gasteiger partial charge in [-0.15, -0.1) is 11.3 Å². The lowest BCUT2D eigenvalue weighted by molar-refractivity contribution is -0.115. The molecule has 184 valence electrons. The van der Waals surface area contributed by atoms with Gasteiger partial charge in [0.1, 0.15) is 22.7 Å². The molecule has 2 heterocycles. The van der Waals surface area contributed by atoms with Gasteiger partial charge in [-0.2, -0.15) is 10.5 Å². The molecule has 1 aromatic carbocycles. The van der Waals surface area contributed by atoms with E-state index in [-0.39, 0.29) is 22.3 Å². The van der Waals surface area contributed by atoms with Crippen molar-refractivity contribution in [3.8, 4) is 23.4 Å². The zero-order valence-corrected chi connectivity index (χ0v) is 22.0. The maximum absolute atomic E-state index is 13.2. The largest absolute Gasteiger partial charge is 0.378 e. The minimum Gasteiger partial charge on any atom is -0.378 e. The Bertz CT molecular complexity index is 1430. The fourth-order valence-electron chi connectivity index (χ4n) is 4.16. The van der Waals surface area contributed by atoms with Crippen LogP contribution in [0.2, 0.25) is 0 Å². The number of amides is 1. The van der Waals surface area contributed by atoms with E-state index in [1.807, 2.05) is 56.3 Å². The number of carbonyl (C=O) groups excluding carboxylic acids is 1. The zero-order valence-electron chi connectivity index (χ0n) is 20.3. The van der Waals surface area contributed by atoms with E-state index in [4.69, 9.17) is 0 Å². The third-order valence-electron chi connectivity index (χ3n) is 6.10. The number of hydrogen-bond acceptors (Lipinski definition) is 8. The number of aromatic nitrogens is 2. The van der Waals surface area contributed by atoms with Crippen LogP contribution >= 0.6 is 23.1 Å². The Morgan fingerprint density at radius 1 is 1.19 bits per heavy atom. The number of fused-ring (bicyclic) bond motifs is 1. The summed E-state index contributed by atoms with van der Waals surface area (Å²) in [5.74, 6) is -0.249. The normalized spacial score (nSPS) is 13.2. The average Bonchev–Trinajstić information content (AvgIpc) is 3.23. The maximum atomic E-state index is 13.2. The number of aromatic amines is 1. The van der Waals surface area contributed by atoms with E-state index < -0.39 is 10.8 Å². The Labute approximate surface area is 218 Å². The van der Waals surface area contributed by atoms with Gasteiger partial charge < -0.3 is 15.2 Å². The molecule has 2 aromatic heterocycles. The van der Waals surface area contributed by atoms with Gasteiger partial charge in [0.2, 0.25) is 5.91 Å². The SMILES string of the molecule is CCC(Sc1nc(-c2ccc(N(C)C)cc2)c(C#N)c(=O)[nH]1)C(=O)Nc1sc2c(c1C#N)CCCC2. The van der Waals surface area contributed by atoms with Gasteiger partial charge in [0.25, 0.3) is 5.56 Å². The van der Waals surface area contributed by atoms with E-state index in [1.165, 1.54) is 16.2 Å². The highest BCUT2D eigenvalue weighted by molar-refractivity contribution is 8.00. The number of nitriles is 2. The standard InChI is InChI=1S/C26H26N6O2S2/c1-4-20(24(34)30-25-18(13-27)17-7-5-6-8-21(17)35-25)36-26-29-22(19(14-28)23(33)31-26)15-9-11-16(12-10-15)32(2)3/h9-12,20H,4-8H2,1-3H3,(H,30,34)(H,29,31,33). The van der Waals surface area contributed by atoms with E-state index in [1.54, 1.807) is 0 Å². The molecule has 0 bridgehead atoms. The van der Waals surface area contributed by atoms with Crippen LogP contribution in [0.25, 0.3) is 11.3 Å². The number of anilines is 2. The Morgan fingerprint density at radius 2 is 1.89 bits per heavy atom. The van der Waals surface area contributed by atoms with Crippen LogP contribution in [0.5, 0.6) is 0 Å². The molecule has 0 saturated heterocycles. The number of nitrogens with one attached hydrogen (secondary N) is 2. The molecule has 8 nitrogen and oxygen atoms in total. The van der Waals surface area contributed by atoms with Crippen molar-refractivity contribution >= 4 is 39.7 Å². The highest BCUT2D eigenvalue weighted by Crippen LogP contribution is 2.38. The first kappa shape index (κ1) is 25.5. The highest BCUT2D eigenvalue weighted by Gasteiger charge is 2.26. The van der Waals surface area contributed by atoms with Gasteiger partial charge >= 0.3 is 0 Å². The number of H-pyrrole nitrogens is 1. The van der Waals surface area contributed by atoms with Gasteiger partial charge in [0.05, 0.1) is 16.5 Å². The van der Waals surface area contributed by atoms with Crippen molar-refractivity contribution in [2.45, 2.75) is 49.4 Å². The van der Waals surface area contributed by atoms with Gasteiger partial charge in [0.15, 0.2) is 5.16 Å². The molecular formula is C26H26N6O2S2. The van der Waals surface area contributed by atoms with Crippen molar-refractivity contribution < 1.29 is 4.79 Å². The highest BCUT2D eigenvalue weighted by atomic mass is 32.2. The number of nitrogens with zero attached hydrogens (tertiary/aromatic N) is 4. The van der Waals surface area contributed by atoms with Crippen LogP contribution in [0.3, 0.4) is 0 Å². The molecule has 0 fully saturated rings. The van der Waals surface area contributed by atoms with Crippen LogP contribution < -0.4 is 15.8 Å². The van der Waals surface area contributed by atoms with Crippen molar-refractivity contribution in [2.75, 3.05) is 24.3 Å². The molecule has 10 heteroatoms. The molecule has 3 aromatic rings. The summed E-state index contributed by atoms with van der Waals surface area (Å²) in [5.41, 5.74) is 2.91. The summed E-state index contributed by atoms with van der Waals surface area (Å²) in [5, 5.41) is 22.5. The lowest BCUT2D eigenvalue weighted by atomic mass is 9.96.